The summed E-state index contributed by atoms with van der Waals surface area (Å²) < 4.78 is 0. The predicted octanol–water partition coefficient (Wildman–Crippen LogP) is 1.46. The maximum absolute atomic E-state index is 3.63. The van der Waals surface area contributed by atoms with Gasteiger partial charge in [0.05, 0.1) is 0 Å². The van der Waals surface area contributed by atoms with E-state index in [9.17, 15) is 0 Å². The molecule has 0 aromatic rings. The summed E-state index contributed by atoms with van der Waals surface area (Å²) in [6.07, 6.45) is 6.87. The van der Waals surface area contributed by atoms with Crippen molar-refractivity contribution in [3.63, 3.8) is 0 Å². The standard InChI is InChI=1S/C12H25N3/c1-4-13-10-8-11-6-5-7-12(9-10)15(11)14(2)3/h10-13H,4-9H2,1-3H3. The maximum Gasteiger partial charge on any atom is 0.0263 e. The van der Waals surface area contributed by atoms with Gasteiger partial charge in [-0.05, 0) is 32.2 Å². The summed E-state index contributed by atoms with van der Waals surface area (Å²) in [5.74, 6) is 0. The third kappa shape index (κ3) is 2.35. The van der Waals surface area contributed by atoms with Crippen LogP contribution in [0.1, 0.15) is 39.0 Å². The van der Waals surface area contributed by atoms with E-state index in [1.54, 1.807) is 0 Å². The van der Waals surface area contributed by atoms with Crippen molar-refractivity contribution in [3.05, 3.63) is 0 Å². The van der Waals surface area contributed by atoms with Crippen molar-refractivity contribution in [1.29, 1.82) is 0 Å². The third-order valence-electron chi connectivity index (χ3n) is 3.89. The van der Waals surface area contributed by atoms with Gasteiger partial charge in [-0.3, -0.25) is 0 Å². The van der Waals surface area contributed by atoms with Gasteiger partial charge in [0, 0.05) is 32.2 Å². The molecule has 3 nitrogen and oxygen atoms in total. The van der Waals surface area contributed by atoms with E-state index < -0.39 is 0 Å². The molecule has 2 fully saturated rings. The predicted molar refractivity (Wildman–Crippen MR) is 63.7 cm³/mol. The van der Waals surface area contributed by atoms with E-state index >= 15 is 0 Å². The molecule has 0 radical (unpaired) electrons. The Labute approximate surface area is 93.8 Å². The van der Waals surface area contributed by atoms with Gasteiger partial charge in [0.25, 0.3) is 0 Å². The second kappa shape index (κ2) is 4.81. The summed E-state index contributed by atoms with van der Waals surface area (Å²) in [7, 11) is 4.39. The van der Waals surface area contributed by atoms with Crippen molar-refractivity contribution < 1.29 is 0 Å². The number of piperidine rings is 2. The van der Waals surface area contributed by atoms with E-state index in [1.165, 1.54) is 32.1 Å². The molecule has 2 unspecified atom stereocenters. The monoisotopic (exact) mass is 211 g/mol. The van der Waals surface area contributed by atoms with Crippen LogP contribution in [-0.2, 0) is 0 Å². The zero-order chi connectivity index (χ0) is 10.8. The molecule has 2 rings (SSSR count). The lowest BCUT2D eigenvalue weighted by molar-refractivity contribution is -0.111. The molecule has 0 aromatic carbocycles. The van der Waals surface area contributed by atoms with Gasteiger partial charge in [0.1, 0.15) is 0 Å². The van der Waals surface area contributed by atoms with E-state index in [1.807, 2.05) is 0 Å². The zero-order valence-corrected chi connectivity index (χ0v) is 10.4. The van der Waals surface area contributed by atoms with Crippen LogP contribution < -0.4 is 5.32 Å². The van der Waals surface area contributed by atoms with E-state index in [2.05, 4.69) is 36.4 Å². The number of hydrogen-bond donors (Lipinski definition) is 1. The first kappa shape index (κ1) is 11.4. The van der Waals surface area contributed by atoms with Crippen molar-refractivity contribution in [1.82, 2.24) is 15.3 Å². The van der Waals surface area contributed by atoms with Crippen molar-refractivity contribution >= 4 is 0 Å². The van der Waals surface area contributed by atoms with Gasteiger partial charge in [-0.1, -0.05) is 13.3 Å². The molecule has 1 N–H and O–H groups in total. The molecule has 0 aliphatic carbocycles. The molecule has 3 heteroatoms. The molecule has 0 saturated carbocycles. The fraction of sp³-hybridized carbons (Fsp3) is 1.00. The Hall–Kier alpha value is -0.120. The highest BCUT2D eigenvalue weighted by Crippen LogP contribution is 2.34. The molecule has 2 bridgehead atoms. The molecule has 0 spiro atoms. The van der Waals surface area contributed by atoms with Crippen molar-refractivity contribution in [2.45, 2.75) is 57.2 Å². The quantitative estimate of drug-likeness (QED) is 0.762. The molecular formula is C12H25N3. The number of hydrazine groups is 1. The first-order valence-electron chi connectivity index (χ1n) is 6.41. The lowest BCUT2D eigenvalue weighted by Crippen LogP contribution is -2.60. The Morgan fingerprint density at radius 1 is 1.20 bits per heavy atom. The van der Waals surface area contributed by atoms with Crippen LogP contribution in [0.15, 0.2) is 0 Å². The number of fused-ring (bicyclic) bond motifs is 2. The summed E-state index contributed by atoms with van der Waals surface area (Å²) in [5.41, 5.74) is 0. The maximum atomic E-state index is 3.63. The van der Waals surface area contributed by atoms with Crippen molar-refractivity contribution in [2.24, 2.45) is 0 Å². The highest BCUT2D eigenvalue weighted by Gasteiger charge is 2.38. The molecule has 2 saturated heterocycles. The van der Waals surface area contributed by atoms with Crippen LogP contribution in [-0.4, -0.2) is 48.8 Å². The molecule has 88 valence electrons. The molecule has 2 heterocycles. The van der Waals surface area contributed by atoms with Gasteiger partial charge in [-0.25, -0.2) is 10.0 Å². The van der Waals surface area contributed by atoms with Gasteiger partial charge in [-0.15, -0.1) is 0 Å². The summed E-state index contributed by atoms with van der Waals surface area (Å²) in [4.78, 5) is 0. The first-order chi connectivity index (χ1) is 7.22. The average Bonchev–Trinajstić information content (AvgIpc) is 2.16. The molecule has 0 amide bonds. The van der Waals surface area contributed by atoms with E-state index in [4.69, 9.17) is 0 Å². The molecule has 0 aromatic heterocycles. The van der Waals surface area contributed by atoms with E-state index in [0.29, 0.717) is 0 Å². The Morgan fingerprint density at radius 2 is 1.80 bits per heavy atom. The van der Waals surface area contributed by atoms with Crippen LogP contribution in [0.4, 0.5) is 0 Å². The Bertz CT molecular complexity index is 191. The second-order valence-electron chi connectivity index (χ2n) is 5.19. The Kier molecular flexibility index (Phi) is 3.65. The highest BCUT2D eigenvalue weighted by molar-refractivity contribution is 4.93. The van der Waals surface area contributed by atoms with E-state index in [-0.39, 0.29) is 0 Å². The fourth-order valence-electron chi connectivity index (χ4n) is 3.47. The SMILES string of the molecule is CCNC1CC2CCCC(C1)N2N(C)C. The lowest BCUT2D eigenvalue weighted by Gasteiger charge is -2.51. The number of nitrogens with one attached hydrogen (secondary N) is 1. The summed E-state index contributed by atoms with van der Waals surface area (Å²) in [5, 5.41) is 8.57. The molecule has 2 aliphatic rings. The minimum absolute atomic E-state index is 0.765. The summed E-state index contributed by atoms with van der Waals surface area (Å²) in [6, 6.07) is 2.34. The second-order valence-corrected chi connectivity index (χ2v) is 5.19. The largest absolute Gasteiger partial charge is 0.314 e. The Balaban J connectivity index is 2.01. The molecule has 2 atom stereocenters. The van der Waals surface area contributed by atoms with Crippen molar-refractivity contribution in [2.75, 3.05) is 20.6 Å². The highest BCUT2D eigenvalue weighted by atomic mass is 15.6. The van der Waals surface area contributed by atoms with Gasteiger partial charge in [0.15, 0.2) is 0 Å². The summed E-state index contributed by atoms with van der Waals surface area (Å²) in [6.45, 7) is 3.33. The fourth-order valence-corrected chi connectivity index (χ4v) is 3.47. The van der Waals surface area contributed by atoms with Gasteiger partial charge in [0.2, 0.25) is 0 Å². The van der Waals surface area contributed by atoms with Gasteiger partial charge in [-0.2, -0.15) is 0 Å². The minimum atomic E-state index is 0.765. The first-order valence-corrected chi connectivity index (χ1v) is 6.41. The number of hydrogen-bond acceptors (Lipinski definition) is 3. The van der Waals surface area contributed by atoms with Gasteiger partial charge >= 0.3 is 0 Å². The lowest BCUT2D eigenvalue weighted by atomic mass is 9.83. The summed E-state index contributed by atoms with van der Waals surface area (Å²) >= 11 is 0. The van der Waals surface area contributed by atoms with Crippen molar-refractivity contribution in [3.8, 4) is 0 Å². The molecular weight excluding hydrogens is 186 g/mol. The van der Waals surface area contributed by atoms with Crippen LogP contribution >= 0.6 is 0 Å². The van der Waals surface area contributed by atoms with Crippen LogP contribution in [0.2, 0.25) is 0 Å². The van der Waals surface area contributed by atoms with Crippen LogP contribution in [0.3, 0.4) is 0 Å². The van der Waals surface area contributed by atoms with Crippen LogP contribution in [0.25, 0.3) is 0 Å². The topological polar surface area (TPSA) is 18.5 Å². The van der Waals surface area contributed by atoms with Gasteiger partial charge < -0.3 is 5.32 Å². The zero-order valence-electron chi connectivity index (χ0n) is 10.4. The van der Waals surface area contributed by atoms with Crippen LogP contribution in [0.5, 0.6) is 0 Å². The Morgan fingerprint density at radius 3 is 2.27 bits per heavy atom. The molecule has 15 heavy (non-hydrogen) atoms. The smallest absolute Gasteiger partial charge is 0.0263 e. The average molecular weight is 211 g/mol. The number of rotatable bonds is 3. The normalized spacial score (nSPS) is 37.2. The van der Waals surface area contributed by atoms with E-state index in [0.717, 1.165) is 24.7 Å². The molecule has 2 aliphatic heterocycles. The minimum Gasteiger partial charge on any atom is -0.314 e. The number of nitrogens with zero attached hydrogens (tertiary/aromatic N) is 2. The third-order valence-corrected chi connectivity index (χ3v) is 3.89. The van der Waals surface area contributed by atoms with Crippen LogP contribution in [0, 0.1) is 0 Å².